The van der Waals surface area contributed by atoms with Crippen LogP contribution in [-0.2, 0) is 9.53 Å². The summed E-state index contributed by atoms with van der Waals surface area (Å²) in [4.78, 5) is 23.1. The third-order valence-corrected chi connectivity index (χ3v) is 2.97. The van der Waals surface area contributed by atoms with E-state index >= 15 is 0 Å². The molecule has 0 amide bonds. The molecule has 1 saturated heterocycles. The van der Waals surface area contributed by atoms with E-state index in [1.807, 2.05) is 4.90 Å². The topological polar surface area (TPSA) is 92.9 Å². The van der Waals surface area contributed by atoms with E-state index < -0.39 is 10.9 Å². The fraction of sp³-hybridized carbons (Fsp3) is 0.308. The van der Waals surface area contributed by atoms with Crippen LogP contribution in [0, 0.1) is 10.1 Å². The summed E-state index contributed by atoms with van der Waals surface area (Å²) in [6, 6.07) is 4.69. The molecule has 0 spiro atoms. The second-order valence-electron chi connectivity index (χ2n) is 4.28. The molecule has 106 valence electrons. The Labute approximate surface area is 115 Å². The Kier molecular flexibility index (Phi) is 4.31. The van der Waals surface area contributed by atoms with Gasteiger partial charge in [0.25, 0.3) is 5.69 Å². The van der Waals surface area contributed by atoms with Crippen molar-refractivity contribution in [1.29, 1.82) is 0 Å². The number of rotatable bonds is 4. The number of nitro groups is 1. The molecule has 0 aliphatic carbocycles. The van der Waals surface area contributed by atoms with Crippen LogP contribution >= 0.6 is 0 Å². The molecule has 0 saturated carbocycles. The number of morpholine rings is 1. The molecular formula is C13H14N2O5. The highest BCUT2D eigenvalue weighted by atomic mass is 16.6. The lowest BCUT2D eigenvalue weighted by Crippen LogP contribution is -2.36. The van der Waals surface area contributed by atoms with Crippen molar-refractivity contribution in [2.24, 2.45) is 0 Å². The molecular weight excluding hydrogens is 264 g/mol. The van der Waals surface area contributed by atoms with Crippen LogP contribution in [0.1, 0.15) is 5.56 Å². The third-order valence-electron chi connectivity index (χ3n) is 2.97. The third kappa shape index (κ3) is 3.33. The molecule has 1 aromatic rings. The predicted octanol–water partition coefficient (Wildman–Crippen LogP) is 1.53. The van der Waals surface area contributed by atoms with Gasteiger partial charge in [-0.15, -0.1) is 0 Å². The summed E-state index contributed by atoms with van der Waals surface area (Å²) in [6.07, 6.45) is 2.28. The maximum atomic E-state index is 11.2. The number of benzene rings is 1. The Balaban J connectivity index is 2.32. The number of carboxylic acids is 1. The molecule has 0 unspecified atom stereocenters. The van der Waals surface area contributed by atoms with Crippen LogP contribution < -0.4 is 4.90 Å². The van der Waals surface area contributed by atoms with E-state index in [-0.39, 0.29) is 5.69 Å². The summed E-state index contributed by atoms with van der Waals surface area (Å²) in [7, 11) is 0. The molecule has 1 aromatic carbocycles. The lowest BCUT2D eigenvalue weighted by molar-refractivity contribution is -0.384. The summed E-state index contributed by atoms with van der Waals surface area (Å²) < 4.78 is 5.22. The predicted molar refractivity (Wildman–Crippen MR) is 72.8 cm³/mol. The number of aliphatic carboxylic acids is 1. The molecule has 20 heavy (non-hydrogen) atoms. The van der Waals surface area contributed by atoms with Gasteiger partial charge < -0.3 is 14.7 Å². The SMILES string of the molecule is O=C(O)C=Cc1ccc(N2CCOCC2)c([N+](=O)[O-])c1. The number of hydrogen-bond acceptors (Lipinski definition) is 5. The van der Waals surface area contributed by atoms with E-state index in [0.29, 0.717) is 37.6 Å². The fourth-order valence-electron chi connectivity index (χ4n) is 2.03. The molecule has 2 rings (SSSR count). The Bertz CT molecular complexity index is 550. The van der Waals surface area contributed by atoms with E-state index in [1.165, 1.54) is 12.1 Å². The van der Waals surface area contributed by atoms with Gasteiger partial charge in [-0.1, -0.05) is 6.07 Å². The molecule has 1 N–H and O–H groups in total. The number of ether oxygens (including phenoxy) is 1. The van der Waals surface area contributed by atoms with Crippen molar-refractivity contribution in [1.82, 2.24) is 0 Å². The lowest BCUT2D eigenvalue weighted by atomic mass is 10.1. The van der Waals surface area contributed by atoms with Crippen LogP contribution in [-0.4, -0.2) is 42.3 Å². The number of nitrogens with zero attached hydrogens (tertiary/aromatic N) is 2. The highest BCUT2D eigenvalue weighted by molar-refractivity contribution is 5.85. The van der Waals surface area contributed by atoms with Gasteiger partial charge in [0.05, 0.1) is 18.1 Å². The first-order valence-corrected chi connectivity index (χ1v) is 6.10. The van der Waals surface area contributed by atoms with Gasteiger partial charge >= 0.3 is 5.97 Å². The van der Waals surface area contributed by atoms with Crippen molar-refractivity contribution in [3.8, 4) is 0 Å². The summed E-state index contributed by atoms with van der Waals surface area (Å²) in [5, 5.41) is 19.7. The van der Waals surface area contributed by atoms with Gasteiger partial charge in [-0.3, -0.25) is 10.1 Å². The van der Waals surface area contributed by atoms with Crippen LogP contribution in [0.3, 0.4) is 0 Å². The molecule has 1 fully saturated rings. The van der Waals surface area contributed by atoms with E-state index in [0.717, 1.165) is 6.08 Å². The van der Waals surface area contributed by atoms with E-state index in [9.17, 15) is 14.9 Å². The Morgan fingerprint density at radius 2 is 2.10 bits per heavy atom. The van der Waals surface area contributed by atoms with Crippen molar-refractivity contribution in [2.45, 2.75) is 0 Å². The number of carbonyl (C=O) groups is 1. The van der Waals surface area contributed by atoms with E-state index in [2.05, 4.69) is 0 Å². The molecule has 1 aliphatic heterocycles. The number of carboxylic acid groups (broad SMARTS) is 1. The van der Waals surface area contributed by atoms with Gasteiger partial charge in [0.15, 0.2) is 0 Å². The van der Waals surface area contributed by atoms with Crippen molar-refractivity contribution in [2.75, 3.05) is 31.2 Å². The van der Waals surface area contributed by atoms with Crippen molar-refractivity contribution >= 4 is 23.4 Å². The zero-order chi connectivity index (χ0) is 14.5. The molecule has 0 aromatic heterocycles. The molecule has 0 atom stereocenters. The minimum Gasteiger partial charge on any atom is -0.478 e. The minimum absolute atomic E-state index is 0.0283. The monoisotopic (exact) mass is 278 g/mol. The van der Waals surface area contributed by atoms with Crippen molar-refractivity contribution < 1.29 is 19.6 Å². The first-order chi connectivity index (χ1) is 9.58. The maximum absolute atomic E-state index is 11.2. The molecule has 7 heteroatoms. The average Bonchev–Trinajstić information content (AvgIpc) is 2.45. The smallest absolute Gasteiger partial charge is 0.328 e. The second-order valence-corrected chi connectivity index (χ2v) is 4.28. The zero-order valence-corrected chi connectivity index (χ0v) is 10.7. The first kappa shape index (κ1) is 14.0. The van der Waals surface area contributed by atoms with Crippen LogP contribution in [0.4, 0.5) is 11.4 Å². The summed E-state index contributed by atoms with van der Waals surface area (Å²) >= 11 is 0. The highest BCUT2D eigenvalue weighted by Gasteiger charge is 2.21. The lowest BCUT2D eigenvalue weighted by Gasteiger charge is -2.28. The van der Waals surface area contributed by atoms with Crippen LogP contribution in [0.2, 0.25) is 0 Å². The number of hydrogen-bond donors (Lipinski definition) is 1. The van der Waals surface area contributed by atoms with Crippen LogP contribution in [0.5, 0.6) is 0 Å². The normalized spacial score (nSPS) is 15.5. The van der Waals surface area contributed by atoms with Gasteiger partial charge in [-0.25, -0.2) is 4.79 Å². The van der Waals surface area contributed by atoms with Gasteiger partial charge in [-0.05, 0) is 17.7 Å². The highest BCUT2D eigenvalue weighted by Crippen LogP contribution is 2.30. The molecule has 7 nitrogen and oxygen atoms in total. The quantitative estimate of drug-likeness (QED) is 0.510. The second kappa shape index (κ2) is 6.16. The van der Waals surface area contributed by atoms with E-state index in [1.54, 1.807) is 12.1 Å². The van der Waals surface area contributed by atoms with Crippen LogP contribution in [0.25, 0.3) is 6.08 Å². The molecule has 1 aliphatic rings. The number of nitro benzene ring substituents is 1. The molecule has 0 radical (unpaired) electrons. The summed E-state index contributed by atoms with van der Waals surface area (Å²) in [6.45, 7) is 2.28. The van der Waals surface area contributed by atoms with Crippen LogP contribution in [0.15, 0.2) is 24.3 Å². The van der Waals surface area contributed by atoms with E-state index in [4.69, 9.17) is 9.84 Å². The summed E-state index contributed by atoms with van der Waals surface area (Å²) in [5.41, 5.74) is 0.987. The largest absolute Gasteiger partial charge is 0.478 e. The van der Waals surface area contributed by atoms with Gasteiger partial charge in [-0.2, -0.15) is 0 Å². The standard InChI is InChI=1S/C13H14N2O5/c16-13(17)4-2-10-1-3-11(12(9-10)15(18)19)14-5-7-20-8-6-14/h1-4,9H,5-8H2,(H,16,17). The molecule has 1 heterocycles. The number of anilines is 1. The van der Waals surface area contributed by atoms with Gasteiger partial charge in [0.1, 0.15) is 5.69 Å². The van der Waals surface area contributed by atoms with Gasteiger partial charge in [0.2, 0.25) is 0 Å². The summed E-state index contributed by atoms with van der Waals surface area (Å²) in [5.74, 6) is -1.09. The average molecular weight is 278 g/mol. The minimum atomic E-state index is -1.09. The van der Waals surface area contributed by atoms with Crippen molar-refractivity contribution in [3.63, 3.8) is 0 Å². The molecule has 0 bridgehead atoms. The Hall–Kier alpha value is -2.41. The van der Waals surface area contributed by atoms with Crippen molar-refractivity contribution in [3.05, 3.63) is 40.0 Å². The first-order valence-electron chi connectivity index (χ1n) is 6.10. The fourth-order valence-corrected chi connectivity index (χ4v) is 2.03. The zero-order valence-electron chi connectivity index (χ0n) is 10.7. The maximum Gasteiger partial charge on any atom is 0.328 e. The Morgan fingerprint density at radius 3 is 2.70 bits per heavy atom. The Morgan fingerprint density at radius 1 is 1.40 bits per heavy atom. The van der Waals surface area contributed by atoms with Gasteiger partial charge in [0, 0.05) is 25.2 Å².